The summed E-state index contributed by atoms with van der Waals surface area (Å²) in [4.78, 5) is 42.5. The van der Waals surface area contributed by atoms with Crippen LogP contribution in [0.1, 0.15) is 47.4 Å². The number of piperidine rings is 1. The van der Waals surface area contributed by atoms with Crippen molar-refractivity contribution in [2.75, 3.05) is 33.9 Å². The van der Waals surface area contributed by atoms with Crippen LogP contribution in [0.5, 0.6) is 5.75 Å². The molecule has 0 radical (unpaired) electrons. The number of likely N-dealkylation sites (tertiary alicyclic amines) is 1. The van der Waals surface area contributed by atoms with E-state index in [4.69, 9.17) is 9.47 Å². The number of carbonyl (C=O) groups is 3. The highest BCUT2D eigenvalue weighted by Crippen LogP contribution is 2.47. The van der Waals surface area contributed by atoms with Gasteiger partial charge in [0.25, 0.3) is 0 Å². The number of urea groups is 1. The molecule has 3 aromatic rings. The van der Waals surface area contributed by atoms with E-state index in [1.807, 2.05) is 46.2 Å². The number of nitrogens with one attached hydrogen (secondary N) is 1. The van der Waals surface area contributed by atoms with Gasteiger partial charge in [0, 0.05) is 38.6 Å². The number of nitrogens with zero attached hydrogens (tertiary/aromatic N) is 2. The molecule has 3 amide bonds. The van der Waals surface area contributed by atoms with Crippen molar-refractivity contribution < 1.29 is 23.9 Å². The highest BCUT2D eigenvalue weighted by molar-refractivity contribution is 5.83. The van der Waals surface area contributed by atoms with Crippen molar-refractivity contribution in [3.05, 3.63) is 89.0 Å². The molecule has 8 heteroatoms. The van der Waals surface area contributed by atoms with Crippen molar-refractivity contribution in [1.82, 2.24) is 15.1 Å². The van der Waals surface area contributed by atoms with E-state index >= 15 is 0 Å². The van der Waals surface area contributed by atoms with Crippen molar-refractivity contribution in [1.29, 1.82) is 0 Å². The van der Waals surface area contributed by atoms with E-state index in [0.29, 0.717) is 52.0 Å². The Balaban J connectivity index is 1.21. The number of hydrogen-bond donors (Lipinski definition) is 1. The third-order valence-corrected chi connectivity index (χ3v) is 9.27. The number of rotatable bonds is 7. The zero-order valence-corrected chi connectivity index (χ0v) is 24.9. The molecule has 2 fully saturated rings. The number of esters is 1. The Kier molecular flexibility index (Phi) is 8.36. The predicted octanol–water partition coefficient (Wildman–Crippen LogP) is 5.15. The fraction of sp³-hybridized carbons (Fsp3) is 0.400. The molecule has 0 spiro atoms. The van der Waals surface area contributed by atoms with Gasteiger partial charge in [-0.25, -0.2) is 4.79 Å². The largest absolute Gasteiger partial charge is 0.497 e. The number of methoxy groups -OCH3 is 2. The number of carbonyl (C=O) groups excluding carboxylic acids is 3. The minimum atomic E-state index is -0.197. The molecule has 2 heterocycles. The minimum Gasteiger partial charge on any atom is -0.497 e. The summed E-state index contributed by atoms with van der Waals surface area (Å²) >= 11 is 0. The van der Waals surface area contributed by atoms with Gasteiger partial charge >= 0.3 is 12.0 Å². The topological polar surface area (TPSA) is 88.2 Å². The van der Waals surface area contributed by atoms with Gasteiger partial charge in [-0.15, -0.1) is 0 Å². The van der Waals surface area contributed by atoms with Gasteiger partial charge in [0.2, 0.25) is 5.91 Å². The molecule has 3 aliphatic rings. The molecule has 1 N–H and O–H groups in total. The van der Waals surface area contributed by atoms with Gasteiger partial charge < -0.3 is 24.6 Å². The Hall–Kier alpha value is -4.33. The zero-order valence-electron chi connectivity index (χ0n) is 24.9. The number of amides is 3. The molecule has 6 rings (SSSR count). The molecule has 1 saturated carbocycles. The van der Waals surface area contributed by atoms with Gasteiger partial charge in [-0.3, -0.25) is 9.59 Å². The maximum atomic E-state index is 13.6. The summed E-state index contributed by atoms with van der Waals surface area (Å²) in [5, 5.41) is 3.20. The Morgan fingerprint density at radius 2 is 1.67 bits per heavy atom. The summed E-state index contributed by atoms with van der Waals surface area (Å²) in [5.74, 6) is 0.809. The maximum absolute atomic E-state index is 13.6. The van der Waals surface area contributed by atoms with Crippen LogP contribution in [0, 0.1) is 11.8 Å². The summed E-state index contributed by atoms with van der Waals surface area (Å²) in [6, 6.07) is 22.5. The van der Waals surface area contributed by atoms with Crippen LogP contribution in [0.4, 0.5) is 4.79 Å². The second-order valence-corrected chi connectivity index (χ2v) is 11.8. The molecule has 3 aromatic carbocycles. The molecule has 0 unspecified atom stereocenters. The van der Waals surface area contributed by atoms with Crippen LogP contribution in [-0.2, 0) is 33.8 Å². The van der Waals surface area contributed by atoms with Crippen LogP contribution in [0.2, 0.25) is 0 Å². The van der Waals surface area contributed by atoms with Gasteiger partial charge in [0.1, 0.15) is 5.75 Å². The SMILES string of the molecule is COC(=O)C1CCN(C(=O)N2CCc3c(-c4cccc(OC)c4)ccc(CNC(=O)[C@@H]4C[C@H]4c4ccccc4)c3C2)CC1. The van der Waals surface area contributed by atoms with Crippen molar-refractivity contribution in [2.24, 2.45) is 11.8 Å². The first-order valence-electron chi connectivity index (χ1n) is 15.2. The smallest absolute Gasteiger partial charge is 0.320 e. The average Bonchev–Trinajstić information content (AvgIpc) is 3.88. The maximum Gasteiger partial charge on any atom is 0.320 e. The Bertz CT molecular complexity index is 1500. The normalized spacial score (nSPS) is 19.8. The van der Waals surface area contributed by atoms with Gasteiger partial charge in [0.15, 0.2) is 0 Å². The first-order valence-corrected chi connectivity index (χ1v) is 15.2. The third kappa shape index (κ3) is 6.10. The zero-order chi connectivity index (χ0) is 29.9. The van der Waals surface area contributed by atoms with Crippen LogP contribution >= 0.6 is 0 Å². The molecule has 2 atom stereocenters. The third-order valence-electron chi connectivity index (χ3n) is 9.27. The van der Waals surface area contributed by atoms with Crippen LogP contribution in [0.3, 0.4) is 0 Å². The van der Waals surface area contributed by atoms with Gasteiger partial charge in [-0.05, 0) is 77.1 Å². The lowest BCUT2D eigenvalue weighted by molar-refractivity contribution is -0.146. The lowest BCUT2D eigenvalue weighted by Crippen LogP contribution is -2.49. The summed E-state index contributed by atoms with van der Waals surface area (Å²) in [6.07, 6.45) is 2.82. The fourth-order valence-electron chi connectivity index (χ4n) is 6.67. The van der Waals surface area contributed by atoms with Gasteiger partial charge in [0.05, 0.1) is 20.1 Å². The number of fused-ring (bicyclic) bond motifs is 1. The van der Waals surface area contributed by atoms with Gasteiger partial charge in [-0.1, -0.05) is 54.6 Å². The van der Waals surface area contributed by atoms with E-state index in [-0.39, 0.29) is 35.7 Å². The lowest BCUT2D eigenvalue weighted by atomic mass is 9.87. The molecule has 8 nitrogen and oxygen atoms in total. The summed E-state index contributed by atoms with van der Waals surface area (Å²) in [7, 11) is 3.08. The molecule has 224 valence electrons. The second kappa shape index (κ2) is 12.5. The lowest BCUT2D eigenvalue weighted by Gasteiger charge is -2.38. The van der Waals surface area contributed by atoms with E-state index < -0.39 is 0 Å². The van der Waals surface area contributed by atoms with Crippen molar-refractivity contribution in [2.45, 2.75) is 44.7 Å². The second-order valence-electron chi connectivity index (χ2n) is 11.8. The predicted molar refractivity (Wildman–Crippen MR) is 163 cm³/mol. The van der Waals surface area contributed by atoms with Crippen LogP contribution in [-0.4, -0.2) is 61.6 Å². The minimum absolute atomic E-state index is 0.000256. The van der Waals surface area contributed by atoms with Crippen molar-refractivity contribution in [3.63, 3.8) is 0 Å². The summed E-state index contributed by atoms with van der Waals surface area (Å²) in [5.41, 5.74) is 6.75. The average molecular weight is 582 g/mol. The molecule has 1 aliphatic carbocycles. The Labute approximate surface area is 253 Å². The highest BCUT2D eigenvalue weighted by Gasteiger charge is 2.43. The van der Waals surface area contributed by atoms with E-state index in [9.17, 15) is 14.4 Å². The van der Waals surface area contributed by atoms with Gasteiger partial charge in [-0.2, -0.15) is 0 Å². The van der Waals surface area contributed by atoms with E-state index in [0.717, 1.165) is 34.4 Å². The Morgan fingerprint density at radius 3 is 2.42 bits per heavy atom. The van der Waals surface area contributed by atoms with Crippen LogP contribution in [0.15, 0.2) is 66.7 Å². The summed E-state index contributed by atoms with van der Waals surface area (Å²) < 4.78 is 10.4. The summed E-state index contributed by atoms with van der Waals surface area (Å²) in [6.45, 7) is 2.59. The van der Waals surface area contributed by atoms with Crippen LogP contribution < -0.4 is 10.1 Å². The van der Waals surface area contributed by atoms with Crippen LogP contribution in [0.25, 0.3) is 11.1 Å². The van der Waals surface area contributed by atoms with E-state index in [2.05, 4.69) is 35.6 Å². The van der Waals surface area contributed by atoms with Crippen molar-refractivity contribution >= 4 is 17.9 Å². The molecular formula is C35H39N3O5. The first-order chi connectivity index (χ1) is 21.0. The first kappa shape index (κ1) is 28.8. The van der Waals surface area contributed by atoms with E-state index in [1.54, 1.807) is 7.11 Å². The standard InChI is InChI=1S/C35H39N3O5/c1-42-27-10-6-9-25(19-27)28-12-11-26(21-36-33(39)31-20-30(31)23-7-4-3-5-8-23)32-22-38(18-15-29(28)32)35(41)37-16-13-24(14-17-37)34(40)43-2/h3-12,19,24,30-31H,13-18,20-22H2,1-2H3,(H,36,39)/t30-,31+/m0/s1. The Morgan fingerprint density at radius 1 is 0.884 bits per heavy atom. The van der Waals surface area contributed by atoms with E-state index in [1.165, 1.54) is 18.2 Å². The number of ether oxygens (including phenoxy) is 2. The monoisotopic (exact) mass is 581 g/mol. The number of benzene rings is 3. The molecule has 0 aromatic heterocycles. The number of hydrogen-bond acceptors (Lipinski definition) is 5. The fourth-order valence-corrected chi connectivity index (χ4v) is 6.67. The molecule has 1 saturated heterocycles. The molecular weight excluding hydrogens is 542 g/mol. The van der Waals surface area contributed by atoms with Crippen molar-refractivity contribution in [3.8, 4) is 16.9 Å². The molecule has 2 aliphatic heterocycles. The molecule has 0 bridgehead atoms. The highest BCUT2D eigenvalue weighted by atomic mass is 16.5. The quantitative estimate of drug-likeness (QED) is 0.390. The molecule has 43 heavy (non-hydrogen) atoms.